The summed E-state index contributed by atoms with van der Waals surface area (Å²) in [4.78, 5) is 15.0. The third-order valence-corrected chi connectivity index (χ3v) is 8.38. The lowest BCUT2D eigenvalue weighted by Crippen LogP contribution is -2.21. The molecule has 0 saturated carbocycles. The number of benzene rings is 4. The van der Waals surface area contributed by atoms with Crippen LogP contribution in [0.4, 0.5) is 5.69 Å². The van der Waals surface area contributed by atoms with Crippen LogP contribution >= 0.6 is 23.4 Å². The quantitative estimate of drug-likeness (QED) is 0.0842. The number of aromatic nitrogens is 2. The highest BCUT2D eigenvalue weighted by Crippen LogP contribution is 2.32. The molecule has 6 rings (SSSR count). The maximum absolute atomic E-state index is 13.9. The van der Waals surface area contributed by atoms with Gasteiger partial charge in [0, 0.05) is 33.0 Å². The van der Waals surface area contributed by atoms with E-state index in [-0.39, 0.29) is 5.91 Å². The second-order valence-electron chi connectivity index (χ2n) is 10.2. The molecular weight excluding hydrogens is 588 g/mol. The van der Waals surface area contributed by atoms with Gasteiger partial charge in [0.05, 0.1) is 35.0 Å². The van der Waals surface area contributed by atoms with Gasteiger partial charge in [0.1, 0.15) is 5.75 Å². The van der Waals surface area contributed by atoms with Crippen molar-refractivity contribution in [1.29, 1.82) is 0 Å². The van der Waals surface area contributed by atoms with Crippen LogP contribution in [0.15, 0.2) is 131 Å². The van der Waals surface area contributed by atoms with Crippen LogP contribution in [0.2, 0.25) is 5.02 Å². The van der Waals surface area contributed by atoms with E-state index in [0.717, 1.165) is 46.0 Å². The molecule has 0 fully saturated rings. The standard InChI is InChI=1S/C36H31ClN4O2S/c1-2-3-22-43-31-18-14-26(15-19-31)35-27(24-40(39-35)29-10-6-4-7-11-29)23-33-34(25-44-32-20-16-28(37)17-21-32)38-41(36(33)42)30-12-8-5-9-13-30/h4-21,23-24H,2-3,22,25H2,1H3. The number of amides is 1. The van der Waals surface area contributed by atoms with Crippen molar-refractivity contribution < 1.29 is 9.53 Å². The van der Waals surface area contributed by atoms with Crippen LogP contribution in [-0.4, -0.2) is 33.8 Å². The number of rotatable bonds is 11. The van der Waals surface area contributed by atoms with Gasteiger partial charge in [0.25, 0.3) is 5.91 Å². The summed E-state index contributed by atoms with van der Waals surface area (Å²) in [7, 11) is 0. The van der Waals surface area contributed by atoms with Crippen LogP contribution in [-0.2, 0) is 4.79 Å². The number of hydrogen-bond acceptors (Lipinski definition) is 5. The summed E-state index contributed by atoms with van der Waals surface area (Å²) >= 11 is 7.71. The third kappa shape index (κ3) is 6.80. The molecule has 8 heteroatoms. The lowest BCUT2D eigenvalue weighted by molar-refractivity contribution is -0.114. The first-order valence-corrected chi connectivity index (χ1v) is 15.9. The van der Waals surface area contributed by atoms with Crippen molar-refractivity contribution in [3.63, 3.8) is 0 Å². The Bertz CT molecular complexity index is 1780. The predicted octanol–water partition coefficient (Wildman–Crippen LogP) is 8.95. The van der Waals surface area contributed by atoms with Crippen molar-refractivity contribution in [2.75, 3.05) is 17.4 Å². The van der Waals surface area contributed by atoms with Crippen molar-refractivity contribution in [2.45, 2.75) is 24.7 Å². The minimum atomic E-state index is -0.180. The first-order valence-electron chi connectivity index (χ1n) is 14.5. The van der Waals surface area contributed by atoms with Crippen molar-refractivity contribution in [3.05, 3.63) is 132 Å². The molecule has 2 heterocycles. The summed E-state index contributed by atoms with van der Waals surface area (Å²) in [5, 5.41) is 11.9. The Morgan fingerprint density at radius 2 is 1.55 bits per heavy atom. The van der Waals surface area contributed by atoms with E-state index in [1.165, 1.54) is 5.01 Å². The second kappa shape index (κ2) is 13.8. The van der Waals surface area contributed by atoms with Crippen LogP contribution in [0, 0.1) is 0 Å². The Morgan fingerprint density at radius 1 is 0.864 bits per heavy atom. The van der Waals surface area contributed by atoms with Crippen LogP contribution in [0.25, 0.3) is 23.0 Å². The lowest BCUT2D eigenvalue weighted by Gasteiger charge is -2.11. The number of anilines is 1. The molecule has 4 aromatic carbocycles. The number of ether oxygens (including phenoxy) is 1. The van der Waals surface area contributed by atoms with E-state index in [1.54, 1.807) is 11.8 Å². The molecule has 1 amide bonds. The number of nitrogens with zero attached hydrogens (tertiary/aromatic N) is 4. The van der Waals surface area contributed by atoms with E-state index in [1.807, 2.05) is 126 Å². The van der Waals surface area contributed by atoms with E-state index >= 15 is 0 Å². The van der Waals surface area contributed by atoms with E-state index < -0.39 is 0 Å². The maximum Gasteiger partial charge on any atom is 0.280 e. The van der Waals surface area contributed by atoms with E-state index in [9.17, 15) is 4.79 Å². The molecule has 5 aromatic rings. The van der Waals surface area contributed by atoms with Gasteiger partial charge >= 0.3 is 0 Å². The molecule has 0 unspecified atom stereocenters. The van der Waals surface area contributed by atoms with Crippen LogP contribution in [0.5, 0.6) is 5.75 Å². The molecule has 6 nitrogen and oxygen atoms in total. The Kier molecular flexibility index (Phi) is 9.25. The SMILES string of the molecule is CCCCOc1ccc(-c2nn(-c3ccccc3)cc2C=C2C(=O)N(c3ccccc3)N=C2CSc2ccc(Cl)cc2)cc1. The summed E-state index contributed by atoms with van der Waals surface area (Å²) in [6, 6.07) is 35.1. The number of unbranched alkanes of at least 4 members (excludes halogenated alkanes) is 1. The van der Waals surface area contributed by atoms with Crippen molar-refractivity contribution in [1.82, 2.24) is 9.78 Å². The monoisotopic (exact) mass is 618 g/mol. The normalized spacial score (nSPS) is 13.9. The zero-order chi connectivity index (χ0) is 30.3. The summed E-state index contributed by atoms with van der Waals surface area (Å²) < 4.78 is 7.74. The van der Waals surface area contributed by atoms with Gasteiger partial charge < -0.3 is 4.74 Å². The molecule has 0 atom stereocenters. The highest BCUT2D eigenvalue weighted by molar-refractivity contribution is 8.00. The topological polar surface area (TPSA) is 59.7 Å². The van der Waals surface area contributed by atoms with E-state index in [2.05, 4.69) is 6.92 Å². The molecule has 1 aromatic heterocycles. The van der Waals surface area contributed by atoms with E-state index in [0.29, 0.717) is 34.4 Å². The van der Waals surface area contributed by atoms with E-state index in [4.69, 9.17) is 26.5 Å². The number of hydrazone groups is 1. The fourth-order valence-electron chi connectivity index (χ4n) is 4.77. The highest BCUT2D eigenvalue weighted by atomic mass is 35.5. The predicted molar refractivity (Wildman–Crippen MR) is 181 cm³/mol. The molecular formula is C36H31ClN4O2S. The number of para-hydroxylation sites is 2. The van der Waals surface area contributed by atoms with Crippen molar-refractivity contribution >= 4 is 46.7 Å². The fraction of sp³-hybridized carbons (Fsp3) is 0.139. The zero-order valence-electron chi connectivity index (χ0n) is 24.3. The Hall–Kier alpha value is -4.59. The van der Waals surface area contributed by atoms with Gasteiger partial charge in [-0.15, -0.1) is 11.8 Å². The molecule has 0 N–H and O–H groups in total. The third-order valence-electron chi connectivity index (χ3n) is 7.10. The van der Waals surface area contributed by atoms with Gasteiger partial charge in [-0.05, 0) is 85.3 Å². The summed E-state index contributed by atoms with van der Waals surface area (Å²) in [5.74, 6) is 1.15. The average molecular weight is 619 g/mol. The molecule has 44 heavy (non-hydrogen) atoms. The summed E-state index contributed by atoms with van der Waals surface area (Å²) in [6.07, 6.45) is 5.97. The van der Waals surface area contributed by atoms with Gasteiger partial charge in [-0.2, -0.15) is 15.2 Å². The summed E-state index contributed by atoms with van der Waals surface area (Å²) in [6.45, 7) is 2.83. The second-order valence-corrected chi connectivity index (χ2v) is 11.7. The molecule has 0 aliphatic carbocycles. The number of halogens is 1. The Balaban J connectivity index is 1.39. The minimum Gasteiger partial charge on any atom is -0.494 e. The first-order chi connectivity index (χ1) is 21.6. The number of carbonyl (C=O) groups excluding carboxylic acids is 1. The van der Waals surface area contributed by atoms with Crippen LogP contribution < -0.4 is 9.75 Å². The molecule has 0 saturated heterocycles. The molecule has 220 valence electrons. The molecule has 1 aliphatic rings. The summed E-state index contributed by atoms with van der Waals surface area (Å²) in [5.41, 5.74) is 5.37. The maximum atomic E-state index is 13.9. The fourth-order valence-corrected chi connectivity index (χ4v) is 5.74. The van der Waals surface area contributed by atoms with Gasteiger partial charge in [-0.1, -0.05) is 61.3 Å². The average Bonchev–Trinajstić information content (AvgIpc) is 3.63. The smallest absolute Gasteiger partial charge is 0.280 e. The number of thioether (sulfide) groups is 1. The molecule has 0 spiro atoms. The van der Waals surface area contributed by atoms with Crippen molar-refractivity contribution in [2.24, 2.45) is 5.10 Å². The highest BCUT2D eigenvalue weighted by Gasteiger charge is 2.31. The van der Waals surface area contributed by atoms with Gasteiger partial charge in [0.2, 0.25) is 0 Å². The largest absolute Gasteiger partial charge is 0.494 e. The van der Waals surface area contributed by atoms with Gasteiger partial charge in [-0.3, -0.25) is 4.79 Å². The first kappa shape index (κ1) is 29.5. The van der Waals surface area contributed by atoms with Crippen LogP contribution in [0.3, 0.4) is 0 Å². The molecule has 0 radical (unpaired) electrons. The number of hydrogen-bond donors (Lipinski definition) is 0. The Labute approximate surface area is 266 Å². The van der Waals surface area contributed by atoms with Gasteiger partial charge in [-0.25, -0.2) is 4.68 Å². The van der Waals surface area contributed by atoms with Crippen molar-refractivity contribution in [3.8, 4) is 22.7 Å². The zero-order valence-corrected chi connectivity index (χ0v) is 25.8. The Morgan fingerprint density at radius 3 is 2.23 bits per heavy atom. The number of carbonyl (C=O) groups is 1. The van der Waals surface area contributed by atoms with Gasteiger partial charge in [0.15, 0.2) is 0 Å². The lowest BCUT2D eigenvalue weighted by atomic mass is 10.0. The minimum absolute atomic E-state index is 0.180. The van der Waals surface area contributed by atoms with Crippen LogP contribution in [0.1, 0.15) is 25.3 Å². The molecule has 1 aliphatic heterocycles. The molecule has 0 bridgehead atoms.